The number of hydrogen-bond acceptors (Lipinski definition) is 6. The molecule has 2 bridgehead atoms. The van der Waals surface area contributed by atoms with Crippen LogP contribution in [0.25, 0.3) is 0 Å². The van der Waals surface area contributed by atoms with Gasteiger partial charge in [-0.25, -0.2) is 0 Å². The minimum atomic E-state index is 0. The number of fused-ring (bicyclic) bond motifs is 21. The zero-order valence-electron chi connectivity index (χ0n) is 18.1. The molecule has 191 valence electrons. The van der Waals surface area contributed by atoms with Crippen molar-refractivity contribution in [1.82, 2.24) is 0 Å². The Morgan fingerprint density at radius 1 is 0.387 bits per heavy atom. The molecule has 0 amide bonds. The Hall–Kier alpha value is 1.36. The summed E-state index contributed by atoms with van der Waals surface area (Å²) in [4.78, 5) is 2.88. The summed E-state index contributed by atoms with van der Waals surface area (Å²) in [5.74, 6) is 0. The summed E-state index contributed by atoms with van der Waals surface area (Å²) in [5.41, 5.74) is 0. The van der Waals surface area contributed by atoms with E-state index >= 15 is 0 Å². The van der Waals surface area contributed by atoms with Gasteiger partial charge in [0.15, 0.2) is 0 Å². The van der Waals surface area contributed by atoms with Gasteiger partial charge in [0.05, 0.1) is 79.3 Å². The van der Waals surface area contributed by atoms with Crippen LogP contribution < -0.4 is 34.6 Å². The van der Waals surface area contributed by atoms with Crippen LogP contribution in [0.15, 0.2) is 0 Å². The normalized spacial score (nSPS) is 26.1. The Labute approximate surface area is 214 Å². The number of quaternary nitrogens is 2. The summed E-state index contributed by atoms with van der Waals surface area (Å²) in [5, 5.41) is 0. The van der Waals surface area contributed by atoms with E-state index in [4.69, 9.17) is 48.6 Å². The summed E-state index contributed by atoms with van der Waals surface area (Å²) in [6, 6.07) is 0. The van der Waals surface area contributed by atoms with Crippen LogP contribution in [0.4, 0.5) is 0 Å². The van der Waals surface area contributed by atoms with Crippen LogP contribution in [0, 0.1) is 0 Å². The quantitative estimate of drug-likeness (QED) is 0.280. The number of rotatable bonds is 0. The van der Waals surface area contributed by atoms with E-state index in [9.17, 15) is 0 Å². The summed E-state index contributed by atoms with van der Waals surface area (Å²) in [7, 11) is 9.59. The van der Waals surface area contributed by atoms with Gasteiger partial charge < -0.3 is 63.0 Å². The van der Waals surface area contributed by atoms with Gasteiger partial charge in [0.2, 0.25) is 0 Å². The minimum absolute atomic E-state index is 0. The molecule has 3 saturated heterocycles. The van der Waals surface area contributed by atoms with E-state index in [0.717, 1.165) is 78.9 Å². The van der Waals surface area contributed by atoms with E-state index in [-0.39, 0.29) is 37.9 Å². The standard InChI is InChI=1S/C18H36N2O6.4ClH.Mn/c1-7-21-13-14-24-10-4-20-5-11-25-17-15-22-8-2-19(1)3-9-23-16-18-26-12-6-20;;;;;/h1-18H2;4*1H;/q;;;;;+2/p-2. The van der Waals surface area contributed by atoms with Gasteiger partial charge in [-0.2, -0.15) is 0 Å². The van der Waals surface area contributed by atoms with Crippen LogP contribution in [0.2, 0.25) is 0 Å². The molecule has 0 aromatic rings. The van der Waals surface area contributed by atoms with E-state index in [1.54, 1.807) is 0 Å². The maximum atomic E-state index is 5.73. The summed E-state index contributed by atoms with van der Waals surface area (Å²) >= 11 is 0.00694. The number of halogens is 4. The molecule has 0 saturated carbocycles. The van der Waals surface area contributed by atoms with Crippen molar-refractivity contribution in [3.05, 3.63) is 0 Å². The second-order valence-corrected chi connectivity index (χ2v) is 8.68. The van der Waals surface area contributed by atoms with Crippen molar-refractivity contribution in [2.75, 3.05) is 119 Å². The molecule has 0 radical (unpaired) electrons. The predicted molar refractivity (Wildman–Crippen MR) is 108 cm³/mol. The Morgan fingerprint density at radius 2 is 0.548 bits per heavy atom. The fourth-order valence-electron chi connectivity index (χ4n) is 3.01. The van der Waals surface area contributed by atoms with Crippen LogP contribution in [-0.4, -0.2) is 119 Å². The van der Waals surface area contributed by atoms with Gasteiger partial charge in [-0.15, -0.1) is 0 Å². The molecule has 8 nitrogen and oxygen atoms in total. The Morgan fingerprint density at radius 3 is 0.710 bits per heavy atom. The van der Waals surface area contributed by atoms with Gasteiger partial charge >= 0.3 is 33.3 Å². The SMILES string of the molecule is C1COCC[NH+]2CCOCCOCC[NH+](CCO1)CCOCCOCC2.[Cl-].[Cl-].[Cl][Mn][Cl]. The van der Waals surface area contributed by atoms with E-state index < -0.39 is 0 Å². The molecule has 2 N–H and O–H groups in total. The molecule has 3 aliphatic heterocycles. The van der Waals surface area contributed by atoms with Crippen molar-refractivity contribution in [2.24, 2.45) is 0 Å². The molecule has 0 aliphatic carbocycles. The molecule has 31 heavy (non-hydrogen) atoms. The van der Waals surface area contributed by atoms with Crippen LogP contribution in [0.3, 0.4) is 0 Å². The monoisotopic (exact) mass is 573 g/mol. The zero-order valence-corrected chi connectivity index (χ0v) is 22.3. The van der Waals surface area contributed by atoms with E-state index in [1.165, 1.54) is 9.80 Å². The van der Waals surface area contributed by atoms with E-state index in [0.29, 0.717) is 39.6 Å². The van der Waals surface area contributed by atoms with Crippen molar-refractivity contribution in [1.29, 1.82) is 0 Å². The van der Waals surface area contributed by atoms with Crippen molar-refractivity contribution in [3.8, 4) is 0 Å². The van der Waals surface area contributed by atoms with Gasteiger partial charge in [0, 0.05) is 0 Å². The molecule has 0 atom stereocenters. The summed E-state index contributed by atoms with van der Waals surface area (Å²) < 4.78 is 34.4. The zero-order chi connectivity index (χ0) is 20.8. The molecule has 0 unspecified atom stereocenters. The van der Waals surface area contributed by atoms with Gasteiger partial charge in [-0.1, -0.05) is 0 Å². The van der Waals surface area contributed by atoms with Crippen molar-refractivity contribution < 1.29 is 76.2 Å². The average molecular weight is 575 g/mol. The first-order valence-corrected chi connectivity index (χ1v) is 13.6. The Balaban J connectivity index is 0. The van der Waals surface area contributed by atoms with Crippen LogP contribution >= 0.6 is 20.2 Å². The summed E-state index contributed by atoms with van der Waals surface area (Å²) in [6.07, 6.45) is 0. The Kier molecular flexibility index (Phi) is 30.7. The van der Waals surface area contributed by atoms with Gasteiger partial charge in [-0.05, 0) is 0 Å². The number of hydrogen-bond donors (Lipinski definition) is 2. The molecule has 0 spiro atoms. The van der Waals surface area contributed by atoms with Crippen LogP contribution in [0.1, 0.15) is 0 Å². The fraction of sp³-hybridized carbons (Fsp3) is 1.00. The molecular weight excluding hydrogens is 537 g/mol. The summed E-state index contributed by atoms with van der Waals surface area (Å²) in [6.45, 7) is 14.1. The molecule has 0 aromatic carbocycles. The third kappa shape index (κ3) is 22.9. The molecule has 0 aromatic heterocycles. The third-order valence-electron chi connectivity index (χ3n) is 4.72. The molecule has 3 fully saturated rings. The van der Waals surface area contributed by atoms with E-state index in [2.05, 4.69) is 0 Å². The first-order chi connectivity index (χ1) is 14.4. The molecule has 3 aliphatic rings. The molecule has 3 rings (SSSR count). The first kappa shape index (κ1) is 34.5. The van der Waals surface area contributed by atoms with Crippen LogP contribution in [-0.2, 0) is 41.6 Å². The number of ether oxygens (including phenoxy) is 6. The fourth-order valence-corrected chi connectivity index (χ4v) is 3.01. The molecular formula is C18H38Cl4MnN2O6. The van der Waals surface area contributed by atoms with E-state index in [1.807, 2.05) is 0 Å². The first-order valence-electron chi connectivity index (χ1n) is 10.4. The van der Waals surface area contributed by atoms with Crippen LogP contribution in [0.5, 0.6) is 0 Å². The van der Waals surface area contributed by atoms with Crippen molar-refractivity contribution >= 4 is 20.2 Å². The van der Waals surface area contributed by atoms with Crippen molar-refractivity contribution in [2.45, 2.75) is 0 Å². The topological polar surface area (TPSA) is 64.3 Å². The maximum absolute atomic E-state index is 5.73. The third-order valence-corrected chi connectivity index (χ3v) is 4.72. The second kappa shape index (κ2) is 27.6. The predicted octanol–water partition coefficient (Wildman–Crippen LogP) is -7.73. The van der Waals surface area contributed by atoms with Crippen molar-refractivity contribution in [3.63, 3.8) is 0 Å². The van der Waals surface area contributed by atoms with Gasteiger partial charge in [0.25, 0.3) is 0 Å². The van der Waals surface area contributed by atoms with Gasteiger partial charge in [0.1, 0.15) is 39.3 Å². The average Bonchev–Trinajstić information content (AvgIpc) is 2.71. The molecule has 13 heteroatoms. The second-order valence-electron chi connectivity index (χ2n) is 6.73. The molecule has 3 heterocycles. The number of nitrogens with one attached hydrogen (secondary N) is 2. The van der Waals surface area contributed by atoms with Gasteiger partial charge in [-0.3, -0.25) is 0 Å². The Bertz CT molecular complexity index is 283.